The standard InChI is InChI=1S/C24H30N6O4/c1-3-33-20-12-10-19(11-13-20)29(15-22(31)25-18-7-5-4-6-8-18)23(32)16-30-27-24(26-28-30)21-14-9-17(2)34-21/h9-14,18H,3-8,15-16H2,1-2H3,(H,25,31). The van der Waals surface area contributed by atoms with Crippen LogP contribution in [-0.4, -0.2) is 51.2 Å². The van der Waals surface area contributed by atoms with Gasteiger partial charge in [-0.05, 0) is 68.3 Å². The Bertz CT molecular complexity index is 1100. The summed E-state index contributed by atoms with van der Waals surface area (Å²) in [5.74, 6) is 1.68. The van der Waals surface area contributed by atoms with Gasteiger partial charge in [-0.1, -0.05) is 19.3 Å². The van der Waals surface area contributed by atoms with Crippen molar-refractivity contribution in [2.75, 3.05) is 18.1 Å². The molecule has 0 unspecified atom stereocenters. The number of amides is 2. The molecular formula is C24H30N6O4. The van der Waals surface area contributed by atoms with Crippen LogP contribution in [0.3, 0.4) is 0 Å². The van der Waals surface area contributed by atoms with Crippen molar-refractivity contribution in [3.05, 3.63) is 42.2 Å². The molecular weight excluding hydrogens is 436 g/mol. The van der Waals surface area contributed by atoms with Crippen molar-refractivity contribution in [3.63, 3.8) is 0 Å². The van der Waals surface area contributed by atoms with Gasteiger partial charge in [-0.2, -0.15) is 4.80 Å². The summed E-state index contributed by atoms with van der Waals surface area (Å²) in [4.78, 5) is 28.7. The molecule has 1 saturated carbocycles. The van der Waals surface area contributed by atoms with Crippen LogP contribution in [0.15, 0.2) is 40.8 Å². The van der Waals surface area contributed by atoms with Gasteiger partial charge in [-0.25, -0.2) is 0 Å². The molecule has 0 spiro atoms. The summed E-state index contributed by atoms with van der Waals surface area (Å²) in [7, 11) is 0. The normalized spacial score (nSPS) is 14.1. The van der Waals surface area contributed by atoms with E-state index in [4.69, 9.17) is 9.15 Å². The maximum atomic E-state index is 13.3. The molecule has 1 aromatic carbocycles. The molecule has 1 N–H and O–H groups in total. The maximum absolute atomic E-state index is 13.3. The minimum absolute atomic E-state index is 0.0950. The Labute approximate surface area is 198 Å². The molecule has 3 aromatic rings. The molecule has 4 rings (SSSR count). The highest BCUT2D eigenvalue weighted by Gasteiger charge is 2.23. The molecule has 34 heavy (non-hydrogen) atoms. The topological polar surface area (TPSA) is 115 Å². The third-order valence-corrected chi connectivity index (χ3v) is 5.72. The zero-order chi connectivity index (χ0) is 23.9. The molecule has 0 radical (unpaired) electrons. The highest BCUT2D eigenvalue weighted by Crippen LogP contribution is 2.21. The molecule has 10 nitrogen and oxygen atoms in total. The van der Waals surface area contributed by atoms with Crippen LogP contribution in [0.1, 0.15) is 44.8 Å². The van der Waals surface area contributed by atoms with Crippen molar-refractivity contribution >= 4 is 17.5 Å². The first-order chi connectivity index (χ1) is 16.5. The SMILES string of the molecule is CCOc1ccc(N(CC(=O)NC2CCCCC2)C(=O)Cn2nnc(-c3ccc(C)o3)n2)cc1. The summed E-state index contributed by atoms with van der Waals surface area (Å²) in [6.07, 6.45) is 5.37. The molecule has 2 amide bonds. The second-order valence-electron chi connectivity index (χ2n) is 8.36. The number of ether oxygens (including phenoxy) is 1. The number of carbonyl (C=O) groups excluding carboxylic acids is 2. The van der Waals surface area contributed by atoms with E-state index in [1.807, 2.05) is 13.8 Å². The molecule has 0 bridgehead atoms. The van der Waals surface area contributed by atoms with Crippen molar-refractivity contribution in [1.82, 2.24) is 25.5 Å². The van der Waals surface area contributed by atoms with Crippen molar-refractivity contribution < 1.29 is 18.7 Å². The summed E-state index contributed by atoms with van der Waals surface area (Å²) >= 11 is 0. The fourth-order valence-electron chi connectivity index (χ4n) is 4.05. The lowest BCUT2D eigenvalue weighted by Crippen LogP contribution is -2.45. The monoisotopic (exact) mass is 466 g/mol. The molecule has 0 aliphatic heterocycles. The fraction of sp³-hybridized carbons (Fsp3) is 0.458. The first-order valence-corrected chi connectivity index (χ1v) is 11.7. The van der Waals surface area contributed by atoms with E-state index in [9.17, 15) is 9.59 Å². The van der Waals surface area contributed by atoms with Gasteiger partial charge in [0.1, 0.15) is 24.6 Å². The predicted molar refractivity (Wildman–Crippen MR) is 125 cm³/mol. The van der Waals surface area contributed by atoms with E-state index >= 15 is 0 Å². The van der Waals surface area contributed by atoms with Crippen LogP contribution in [0.4, 0.5) is 5.69 Å². The molecule has 1 aliphatic rings. The first-order valence-electron chi connectivity index (χ1n) is 11.7. The quantitative estimate of drug-likeness (QED) is 0.515. The second kappa shape index (κ2) is 11.0. The maximum Gasteiger partial charge on any atom is 0.251 e. The van der Waals surface area contributed by atoms with E-state index in [0.717, 1.165) is 31.4 Å². The molecule has 10 heteroatoms. The van der Waals surface area contributed by atoms with Crippen LogP contribution >= 0.6 is 0 Å². The molecule has 0 saturated heterocycles. The number of hydrogen-bond donors (Lipinski definition) is 1. The van der Waals surface area contributed by atoms with Gasteiger partial charge in [0.25, 0.3) is 5.91 Å². The van der Waals surface area contributed by atoms with Crippen LogP contribution < -0.4 is 15.0 Å². The first kappa shape index (κ1) is 23.5. The van der Waals surface area contributed by atoms with Crippen molar-refractivity contribution in [1.29, 1.82) is 0 Å². The third-order valence-electron chi connectivity index (χ3n) is 5.72. The highest BCUT2D eigenvalue weighted by atomic mass is 16.5. The Kier molecular flexibility index (Phi) is 7.56. The van der Waals surface area contributed by atoms with E-state index in [1.54, 1.807) is 36.4 Å². The number of anilines is 1. The number of benzene rings is 1. The van der Waals surface area contributed by atoms with Gasteiger partial charge >= 0.3 is 0 Å². The van der Waals surface area contributed by atoms with E-state index < -0.39 is 0 Å². The Balaban J connectivity index is 1.48. The largest absolute Gasteiger partial charge is 0.494 e. The number of nitrogens with zero attached hydrogens (tertiary/aromatic N) is 5. The Hall–Kier alpha value is -3.69. The summed E-state index contributed by atoms with van der Waals surface area (Å²) in [6.45, 7) is 4.01. The number of aromatic nitrogens is 4. The van der Waals surface area contributed by atoms with Gasteiger partial charge in [0.15, 0.2) is 5.76 Å². The summed E-state index contributed by atoms with van der Waals surface area (Å²) in [5.41, 5.74) is 0.592. The lowest BCUT2D eigenvalue weighted by molar-refractivity contribution is -0.124. The van der Waals surface area contributed by atoms with Gasteiger partial charge in [-0.15, -0.1) is 10.2 Å². The average Bonchev–Trinajstić information content (AvgIpc) is 3.48. The van der Waals surface area contributed by atoms with Crippen LogP contribution in [0.2, 0.25) is 0 Å². The van der Waals surface area contributed by atoms with E-state index in [2.05, 4.69) is 20.7 Å². The smallest absolute Gasteiger partial charge is 0.251 e. The molecule has 0 atom stereocenters. The predicted octanol–water partition coefficient (Wildman–Crippen LogP) is 3.12. The molecule has 2 aromatic heterocycles. The minimum atomic E-state index is -0.331. The summed E-state index contributed by atoms with van der Waals surface area (Å²) in [6, 6.07) is 10.8. The summed E-state index contributed by atoms with van der Waals surface area (Å²) < 4.78 is 11.0. The van der Waals surface area contributed by atoms with Crippen LogP contribution in [0, 0.1) is 6.92 Å². The molecule has 2 heterocycles. The molecule has 1 fully saturated rings. The van der Waals surface area contributed by atoms with Crippen LogP contribution in [-0.2, 0) is 16.1 Å². The van der Waals surface area contributed by atoms with Crippen molar-refractivity contribution in [2.24, 2.45) is 0 Å². The number of rotatable bonds is 9. The lowest BCUT2D eigenvalue weighted by atomic mass is 9.95. The number of carbonyl (C=O) groups is 2. The highest BCUT2D eigenvalue weighted by molar-refractivity contribution is 5.98. The third kappa shape index (κ3) is 6.00. The summed E-state index contributed by atoms with van der Waals surface area (Å²) in [5, 5.41) is 15.3. The molecule has 1 aliphatic carbocycles. The van der Waals surface area contributed by atoms with E-state index in [0.29, 0.717) is 29.6 Å². The van der Waals surface area contributed by atoms with Crippen molar-refractivity contribution in [3.8, 4) is 17.3 Å². The molecule has 180 valence electrons. The number of aryl methyl sites for hydroxylation is 1. The van der Waals surface area contributed by atoms with Gasteiger partial charge in [-0.3, -0.25) is 9.59 Å². The second-order valence-corrected chi connectivity index (χ2v) is 8.36. The van der Waals surface area contributed by atoms with Crippen molar-refractivity contribution in [2.45, 2.75) is 58.5 Å². The zero-order valence-corrected chi connectivity index (χ0v) is 19.6. The number of hydrogen-bond acceptors (Lipinski definition) is 7. The van der Waals surface area contributed by atoms with E-state index in [-0.39, 0.29) is 30.9 Å². The number of furan rings is 1. The van der Waals surface area contributed by atoms with Crippen LogP contribution in [0.5, 0.6) is 5.75 Å². The van der Waals surface area contributed by atoms with Gasteiger partial charge < -0.3 is 19.4 Å². The number of nitrogens with one attached hydrogen (secondary N) is 1. The Morgan fingerprint density at radius 2 is 1.91 bits per heavy atom. The van der Waals surface area contributed by atoms with Gasteiger partial charge in [0.2, 0.25) is 11.7 Å². The lowest BCUT2D eigenvalue weighted by Gasteiger charge is -2.26. The Morgan fingerprint density at radius 1 is 1.15 bits per heavy atom. The van der Waals surface area contributed by atoms with Gasteiger partial charge in [0.05, 0.1) is 6.61 Å². The minimum Gasteiger partial charge on any atom is -0.494 e. The zero-order valence-electron chi connectivity index (χ0n) is 19.6. The number of tetrazole rings is 1. The Morgan fingerprint density at radius 3 is 2.59 bits per heavy atom. The van der Waals surface area contributed by atoms with Crippen LogP contribution in [0.25, 0.3) is 11.6 Å². The average molecular weight is 467 g/mol. The van der Waals surface area contributed by atoms with Gasteiger partial charge in [0, 0.05) is 11.7 Å². The van der Waals surface area contributed by atoms with E-state index in [1.165, 1.54) is 16.1 Å². The fourth-order valence-corrected chi connectivity index (χ4v) is 4.05.